The van der Waals surface area contributed by atoms with Gasteiger partial charge in [0.05, 0.1) is 22.3 Å². The van der Waals surface area contributed by atoms with Crippen LogP contribution in [0.1, 0.15) is 39.6 Å². The van der Waals surface area contributed by atoms with Crippen molar-refractivity contribution in [1.82, 2.24) is 10.3 Å². The number of benzene rings is 2. The normalized spacial score (nSPS) is 12.4. The van der Waals surface area contributed by atoms with Gasteiger partial charge in [0.1, 0.15) is 5.75 Å². The third-order valence-corrected chi connectivity index (χ3v) is 6.06. The van der Waals surface area contributed by atoms with Gasteiger partial charge in [-0.15, -0.1) is 36.3 Å². The minimum Gasteiger partial charge on any atom is -0.406 e. The van der Waals surface area contributed by atoms with E-state index in [1.165, 1.54) is 36.0 Å². The summed E-state index contributed by atoms with van der Waals surface area (Å²) in [4.78, 5) is 18.1. The van der Waals surface area contributed by atoms with Crippen LogP contribution < -0.4 is 10.1 Å². The maximum atomic E-state index is 12.8. The zero-order valence-corrected chi connectivity index (χ0v) is 17.8. The van der Waals surface area contributed by atoms with Gasteiger partial charge in [-0.05, 0) is 43.7 Å². The number of halogens is 3. The average molecular weight is 453 g/mol. The number of rotatable bonds is 7. The number of hydrogen-bond acceptors (Lipinski definition) is 5. The number of nitrogens with zero attached hydrogens (tertiary/aromatic N) is 1. The number of nitrogens with one attached hydrogen (secondary N) is 1. The maximum Gasteiger partial charge on any atom is 0.573 e. The highest BCUT2D eigenvalue weighted by Gasteiger charge is 2.31. The van der Waals surface area contributed by atoms with Crippen molar-refractivity contribution in [1.29, 1.82) is 0 Å². The van der Waals surface area contributed by atoms with Gasteiger partial charge < -0.3 is 10.1 Å². The summed E-state index contributed by atoms with van der Waals surface area (Å²) in [7, 11) is 0. The molecule has 1 heterocycles. The number of aromatic nitrogens is 1. The molecule has 1 atom stereocenters. The van der Waals surface area contributed by atoms with Crippen LogP contribution in [0.3, 0.4) is 0 Å². The molecule has 4 nitrogen and oxygen atoms in total. The molecular formula is C21H19F3N2O2S2. The highest BCUT2D eigenvalue weighted by molar-refractivity contribution is 7.98. The Kier molecular flexibility index (Phi) is 7.04. The van der Waals surface area contributed by atoms with Crippen LogP contribution in [0.2, 0.25) is 0 Å². The Morgan fingerprint density at radius 3 is 2.53 bits per heavy atom. The molecule has 9 heteroatoms. The summed E-state index contributed by atoms with van der Waals surface area (Å²) in [5, 5.41) is 5.89. The summed E-state index contributed by atoms with van der Waals surface area (Å²) in [5.74, 6) is 0.102. The first-order chi connectivity index (χ1) is 14.2. The molecule has 0 fully saturated rings. The molecule has 0 bridgehead atoms. The first-order valence-corrected chi connectivity index (χ1v) is 10.9. The van der Waals surface area contributed by atoms with Crippen LogP contribution in [0, 0.1) is 6.92 Å². The van der Waals surface area contributed by atoms with E-state index >= 15 is 0 Å². The monoisotopic (exact) mass is 452 g/mol. The van der Waals surface area contributed by atoms with E-state index in [4.69, 9.17) is 0 Å². The molecule has 0 aliphatic heterocycles. The van der Waals surface area contributed by atoms with Gasteiger partial charge in [0.2, 0.25) is 0 Å². The van der Waals surface area contributed by atoms with E-state index in [0.29, 0.717) is 16.9 Å². The largest absolute Gasteiger partial charge is 0.573 e. The minimum atomic E-state index is -4.74. The molecule has 158 valence electrons. The maximum absolute atomic E-state index is 12.8. The zero-order chi connectivity index (χ0) is 21.7. The number of alkyl halides is 3. The first kappa shape index (κ1) is 22.2. The second-order valence-corrected chi connectivity index (χ2v) is 8.53. The lowest BCUT2D eigenvalue weighted by Crippen LogP contribution is -2.27. The van der Waals surface area contributed by atoms with Gasteiger partial charge >= 0.3 is 6.36 Å². The van der Waals surface area contributed by atoms with Crippen LogP contribution in [0.25, 0.3) is 0 Å². The summed E-state index contributed by atoms with van der Waals surface area (Å²) >= 11 is 3.12. The van der Waals surface area contributed by atoms with Crippen molar-refractivity contribution >= 4 is 29.0 Å². The van der Waals surface area contributed by atoms with E-state index in [0.717, 1.165) is 15.6 Å². The average Bonchev–Trinajstić information content (AvgIpc) is 3.11. The highest BCUT2D eigenvalue weighted by atomic mass is 32.2. The number of thioether (sulfide) groups is 1. The van der Waals surface area contributed by atoms with Crippen molar-refractivity contribution in [3.05, 3.63) is 75.7 Å². The predicted octanol–water partition coefficient (Wildman–Crippen LogP) is 6.13. The van der Waals surface area contributed by atoms with Gasteiger partial charge in [0.25, 0.3) is 5.91 Å². The van der Waals surface area contributed by atoms with E-state index in [-0.39, 0.29) is 11.7 Å². The molecule has 1 N–H and O–H groups in total. The SMILES string of the molecule is Cc1nc(CSc2ccccc2C(=O)NC(C)c2ccc(OC(F)(F)F)cc2)cs1. The fraction of sp³-hybridized carbons (Fsp3) is 0.238. The molecule has 0 radical (unpaired) electrons. The lowest BCUT2D eigenvalue weighted by atomic mass is 10.1. The van der Waals surface area contributed by atoms with E-state index < -0.39 is 12.4 Å². The van der Waals surface area contributed by atoms with Crippen molar-refractivity contribution in [2.75, 3.05) is 0 Å². The molecule has 0 aliphatic rings. The number of thiazole rings is 1. The summed E-state index contributed by atoms with van der Waals surface area (Å²) in [6, 6.07) is 12.3. The Morgan fingerprint density at radius 2 is 1.90 bits per heavy atom. The van der Waals surface area contributed by atoms with Gasteiger partial charge in [-0.3, -0.25) is 4.79 Å². The predicted molar refractivity (Wildman–Crippen MR) is 112 cm³/mol. The Bertz CT molecular complexity index is 1000. The van der Waals surface area contributed by atoms with Crippen LogP contribution in [0.5, 0.6) is 5.75 Å². The van der Waals surface area contributed by atoms with Crippen LogP contribution in [0.15, 0.2) is 58.8 Å². The molecule has 1 unspecified atom stereocenters. The van der Waals surface area contributed by atoms with Gasteiger partial charge in [-0.25, -0.2) is 4.98 Å². The van der Waals surface area contributed by atoms with E-state index in [1.807, 2.05) is 24.4 Å². The summed E-state index contributed by atoms with van der Waals surface area (Å²) in [6.07, 6.45) is -4.74. The van der Waals surface area contributed by atoms with E-state index in [2.05, 4.69) is 15.0 Å². The number of carbonyl (C=O) groups is 1. The standard InChI is InChI=1S/C21H19F3N2O2S2/c1-13(15-7-9-17(10-8-15)28-21(22,23)24)25-20(27)18-5-3-4-6-19(18)30-12-16-11-29-14(2)26-16/h3-11,13H,12H2,1-2H3,(H,25,27). The van der Waals surface area contributed by atoms with E-state index in [9.17, 15) is 18.0 Å². The van der Waals surface area contributed by atoms with Gasteiger partial charge in [-0.2, -0.15) is 0 Å². The molecule has 3 aromatic rings. The zero-order valence-electron chi connectivity index (χ0n) is 16.2. The molecule has 0 saturated heterocycles. The van der Waals surface area contributed by atoms with Gasteiger partial charge in [0, 0.05) is 16.0 Å². The first-order valence-electron chi connectivity index (χ1n) is 9.00. The molecular weight excluding hydrogens is 433 g/mol. The lowest BCUT2D eigenvalue weighted by molar-refractivity contribution is -0.274. The Hall–Kier alpha value is -2.52. The van der Waals surface area contributed by atoms with Crippen LogP contribution in [-0.4, -0.2) is 17.3 Å². The quantitative estimate of drug-likeness (QED) is 0.438. The van der Waals surface area contributed by atoms with Crippen molar-refractivity contribution in [2.45, 2.75) is 36.9 Å². The van der Waals surface area contributed by atoms with Crippen molar-refractivity contribution in [3.63, 3.8) is 0 Å². The van der Waals surface area contributed by atoms with Crippen molar-refractivity contribution in [2.24, 2.45) is 0 Å². The smallest absolute Gasteiger partial charge is 0.406 e. The van der Waals surface area contributed by atoms with Gasteiger partial charge in [-0.1, -0.05) is 24.3 Å². The van der Waals surface area contributed by atoms with Crippen molar-refractivity contribution in [3.8, 4) is 5.75 Å². The summed E-state index contributed by atoms with van der Waals surface area (Å²) < 4.78 is 40.7. The molecule has 3 rings (SSSR count). The summed E-state index contributed by atoms with van der Waals surface area (Å²) in [5.41, 5.74) is 2.17. The van der Waals surface area contributed by atoms with Gasteiger partial charge in [0.15, 0.2) is 0 Å². The van der Waals surface area contributed by atoms with Crippen LogP contribution >= 0.6 is 23.1 Å². The highest BCUT2D eigenvalue weighted by Crippen LogP contribution is 2.28. The van der Waals surface area contributed by atoms with Crippen molar-refractivity contribution < 1.29 is 22.7 Å². The third-order valence-electron chi connectivity index (χ3n) is 4.14. The van der Waals surface area contributed by atoms with Crippen LogP contribution in [0.4, 0.5) is 13.2 Å². The molecule has 0 aliphatic carbocycles. The van der Waals surface area contributed by atoms with Crippen LogP contribution in [-0.2, 0) is 5.75 Å². The topological polar surface area (TPSA) is 51.2 Å². The number of carbonyl (C=O) groups excluding carboxylic acids is 1. The number of hydrogen-bond donors (Lipinski definition) is 1. The summed E-state index contributed by atoms with van der Waals surface area (Å²) in [6.45, 7) is 3.72. The molecule has 0 spiro atoms. The molecule has 30 heavy (non-hydrogen) atoms. The Balaban J connectivity index is 1.65. The molecule has 0 saturated carbocycles. The lowest BCUT2D eigenvalue weighted by Gasteiger charge is -2.16. The minimum absolute atomic E-state index is 0.254. The Labute approximate surface area is 180 Å². The second-order valence-electron chi connectivity index (χ2n) is 6.45. The number of ether oxygens (including phenoxy) is 1. The fourth-order valence-corrected chi connectivity index (χ4v) is 4.38. The fourth-order valence-electron chi connectivity index (χ4n) is 2.72. The molecule has 1 amide bonds. The number of amides is 1. The third kappa shape index (κ3) is 6.24. The van der Waals surface area contributed by atoms with E-state index in [1.54, 1.807) is 30.4 Å². The Morgan fingerprint density at radius 1 is 1.20 bits per heavy atom. The number of aryl methyl sites for hydroxylation is 1. The molecule has 1 aromatic heterocycles. The molecule has 2 aromatic carbocycles. The second kappa shape index (κ2) is 9.53.